The van der Waals surface area contributed by atoms with E-state index in [-0.39, 0.29) is 31.1 Å². The van der Waals surface area contributed by atoms with Crippen LogP contribution in [0.4, 0.5) is 0 Å². The summed E-state index contributed by atoms with van der Waals surface area (Å²) in [6.45, 7) is 0.142. The van der Waals surface area contributed by atoms with Gasteiger partial charge in [0.05, 0.1) is 26.9 Å². The molecular weight excluding hydrogens is 346 g/mol. The molecular formula is C21H25NO5. The second kappa shape index (κ2) is 9.73. The van der Waals surface area contributed by atoms with Crippen LogP contribution >= 0.6 is 0 Å². The first kappa shape index (κ1) is 20.5. The fraction of sp³-hybridized carbons (Fsp3) is 0.333. The van der Waals surface area contributed by atoms with Gasteiger partial charge < -0.3 is 19.5 Å². The fourth-order valence-corrected chi connectivity index (χ4v) is 2.65. The molecule has 6 heteroatoms. The lowest BCUT2D eigenvalue weighted by molar-refractivity contribution is -0.131. The summed E-state index contributed by atoms with van der Waals surface area (Å²) in [4.78, 5) is 25.9. The van der Waals surface area contributed by atoms with Crippen LogP contribution in [0.3, 0.4) is 0 Å². The number of aliphatic hydroxyl groups excluding tert-OH is 1. The summed E-state index contributed by atoms with van der Waals surface area (Å²) in [6.07, 6.45) is -0.622. The van der Waals surface area contributed by atoms with Crippen molar-refractivity contribution in [1.29, 1.82) is 0 Å². The SMILES string of the molecule is COc1ccc(C(=O)CCC(=O)N(C)CC(O)c2cccc(OC)c2)cc1. The molecule has 0 bridgehead atoms. The third kappa shape index (κ3) is 5.82. The van der Waals surface area contributed by atoms with Crippen molar-refractivity contribution in [2.45, 2.75) is 18.9 Å². The molecule has 6 nitrogen and oxygen atoms in total. The summed E-state index contributed by atoms with van der Waals surface area (Å²) in [7, 11) is 4.73. The van der Waals surface area contributed by atoms with Gasteiger partial charge >= 0.3 is 0 Å². The number of methoxy groups -OCH3 is 2. The van der Waals surface area contributed by atoms with E-state index in [1.807, 2.05) is 0 Å². The summed E-state index contributed by atoms with van der Waals surface area (Å²) in [6, 6.07) is 13.9. The van der Waals surface area contributed by atoms with Gasteiger partial charge in [0.15, 0.2) is 5.78 Å². The van der Waals surface area contributed by atoms with Gasteiger partial charge in [0.2, 0.25) is 5.91 Å². The number of rotatable bonds is 9. The van der Waals surface area contributed by atoms with Gasteiger partial charge in [0, 0.05) is 25.5 Å². The van der Waals surface area contributed by atoms with E-state index >= 15 is 0 Å². The molecule has 0 spiro atoms. The molecule has 0 radical (unpaired) electrons. The van der Waals surface area contributed by atoms with E-state index in [2.05, 4.69) is 0 Å². The molecule has 1 N–H and O–H groups in total. The molecule has 2 rings (SSSR count). The van der Waals surface area contributed by atoms with E-state index in [1.54, 1.807) is 69.8 Å². The summed E-state index contributed by atoms with van der Waals surface area (Å²) in [5, 5.41) is 10.3. The van der Waals surface area contributed by atoms with Crippen molar-refractivity contribution >= 4 is 11.7 Å². The average molecular weight is 371 g/mol. The second-order valence-corrected chi connectivity index (χ2v) is 6.22. The molecule has 1 atom stereocenters. The number of benzene rings is 2. The number of hydrogen-bond donors (Lipinski definition) is 1. The molecule has 0 heterocycles. The third-order valence-corrected chi connectivity index (χ3v) is 4.33. The maximum Gasteiger partial charge on any atom is 0.222 e. The molecule has 0 aliphatic heterocycles. The highest BCUT2D eigenvalue weighted by Gasteiger charge is 2.17. The normalized spacial score (nSPS) is 11.6. The van der Waals surface area contributed by atoms with E-state index in [4.69, 9.17) is 9.47 Å². The zero-order valence-electron chi connectivity index (χ0n) is 15.8. The summed E-state index contributed by atoms with van der Waals surface area (Å²) < 4.78 is 10.2. The number of Topliss-reactive ketones (excluding diaryl/α,β-unsaturated/α-hetero) is 1. The number of carbonyl (C=O) groups excluding carboxylic acids is 2. The number of aliphatic hydroxyl groups is 1. The molecule has 0 aliphatic carbocycles. The van der Waals surface area contributed by atoms with E-state index < -0.39 is 6.10 Å². The lowest BCUT2D eigenvalue weighted by atomic mass is 10.1. The van der Waals surface area contributed by atoms with Crippen molar-refractivity contribution < 1.29 is 24.2 Å². The molecule has 2 aromatic rings. The molecule has 0 saturated carbocycles. The minimum atomic E-state index is -0.827. The molecule has 144 valence electrons. The highest BCUT2D eigenvalue weighted by atomic mass is 16.5. The lowest BCUT2D eigenvalue weighted by Gasteiger charge is -2.21. The van der Waals surface area contributed by atoms with Gasteiger partial charge in [0.1, 0.15) is 11.5 Å². The highest BCUT2D eigenvalue weighted by Crippen LogP contribution is 2.20. The van der Waals surface area contributed by atoms with Crippen LogP contribution in [-0.2, 0) is 4.79 Å². The zero-order chi connectivity index (χ0) is 19.8. The van der Waals surface area contributed by atoms with Gasteiger partial charge in [-0.05, 0) is 42.0 Å². The smallest absolute Gasteiger partial charge is 0.222 e. The Balaban J connectivity index is 1.86. The second-order valence-electron chi connectivity index (χ2n) is 6.22. The first-order chi connectivity index (χ1) is 12.9. The number of ketones is 1. The topological polar surface area (TPSA) is 76.1 Å². The molecule has 2 aromatic carbocycles. The summed E-state index contributed by atoms with van der Waals surface area (Å²) in [5.74, 6) is 1.02. The van der Waals surface area contributed by atoms with Gasteiger partial charge in [-0.15, -0.1) is 0 Å². The Hall–Kier alpha value is -2.86. The van der Waals surface area contributed by atoms with Crippen LogP contribution in [0, 0.1) is 0 Å². The van der Waals surface area contributed by atoms with Crippen LogP contribution in [0.25, 0.3) is 0 Å². The molecule has 27 heavy (non-hydrogen) atoms. The van der Waals surface area contributed by atoms with E-state index in [1.165, 1.54) is 4.90 Å². The molecule has 0 saturated heterocycles. The summed E-state index contributed by atoms with van der Waals surface area (Å²) in [5.41, 5.74) is 1.21. The first-order valence-electron chi connectivity index (χ1n) is 8.68. The van der Waals surface area contributed by atoms with Crippen molar-refractivity contribution in [3.8, 4) is 11.5 Å². The van der Waals surface area contributed by atoms with Crippen molar-refractivity contribution in [3.05, 3.63) is 59.7 Å². The Morgan fingerprint density at radius 1 is 1.00 bits per heavy atom. The van der Waals surface area contributed by atoms with Crippen molar-refractivity contribution in [2.24, 2.45) is 0 Å². The maximum atomic E-state index is 12.3. The number of ether oxygens (including phenoxy) is 2. The highest BCUT2D eigenvalue weighted by molar-refractivity contribution is 5.98. The van der Waals surface area contributed by atoms with Crippen LogP contribution < -0.4 is 9.47 Å². The van der Waals surface area contributed by atoms with E-state index in [0.29, 0.717) is 22.6 Å². The fourth-order valence-electron chi connectivity index (χ4n) is 2.65. The predicted octanol–water partition coefficient (Wildman–Crippen LogP) is 2.86. The Morgan fingerprint density at radius 3 is 2.30 bits per heavy atom. The minimum Gasteiger partial charge on any atom is -0.497 e. The van der Waals surface area contributed by atoms with Gasteiger partial charge in [-0.3, -0.25) is 9.59 Å². The number of amides is 1. The van der Waals surface area contributed by atoms with Crippen molar-refractivity contribution in [1.82, 2.24) is 4.90 Å². The predicted molar refractivity (Wildman–Crippen MR) is 102 cm³/mol. The number of likely N-dealkylation sites (N-methyl/N-ethyl adjacent to an activating group) is 1. The molecule has 0 aliphatic rings. The van der Waals surface area contributed by atoms with Gasteiger partial charge in [-0.2, -0.15) is 0 Å². The number of nitrogens with zero attached hydrogens (tertiary/aromatic N) is 1. The summed E-state index contributed by atoms with van der Waals surface area (Å²) >= 11 is 0. The van der Waals surface area contributed by atoms with Crippen molar-refractivity contribution in [3.63, 3.8) is 0 Å². The van der Waals surface area contributed by atoms with E-state index in [9.17, 15) is 14.7 Å². The zero-order valence-corrected chi connectivity index (χ0v) is 15.8. The van der Waals surface area contributed by atoms with Crippen LogP contribution in [0.2, 0.25) is 0 Å². The molecule has 1 unspecified atom stereocenters. The quantitative estimate of drug-likeness (QED) is 0.686. The van der Waals surface area contributed by atoms with Crippen LogP contribution in [-0.4, -0.2) is 49.5 Å². The Morgan fingerprint density at radius 2 is 1.67 bits per heavy atom. The first-order valence-corrected chi connectivity index (χ1v) is 8.68. The monoisotopic (exact) mass is 371 g/mol. The van der Waals surface area contributed by atoms with Gasteiger partial charge in [-0.25, -0.2) is 0 Å². The average Bonchev–Trinajstić information content (AvgIpc) is 2.71. The van der Waals surface area contributed by atoms with Crippen LogP contribution in [0.15, 0.2) is 48.5 Å². The standard InChI is InChI=1S/C21H25NO5/c1-22(14-20(24)16-5-4-6-18(13-16)27-3)21(25)12-11-19(23)15-7-9-17(26-2)10-8-15/h4-10,13,20,24H,11-12,14H2,1-3H3. The van der Waals surface area contributed by atoms with Crippen molar-refractivity contribution in [2.75, 3.05) is 27.8 Å². The minimum absolute atomic E-state index is 0.0895. The lowest BCUT2D eigenvalue weighted by Crippen LogP contribution is -2.31. The Labute approximate surface area is 159 Å². The maximum absolute atomic E-state index is 12.3. The van der Waals surface area contributed by atoms with Gasteiger partial charge in [-0.1, -0.05) is 12.1 Å². The number of hydrogen-bond acceptors (Lipinski definition) is 5. The number of carbonyl (C=O) groups is 2. The third-order valence-electron chi connectivity index (χ3n) is 4.33. The Bertz CT molecular complexity index is 772. The largest absolute Gasteiger partial charge is 0.497 e. The molecule has 1 amide bonds. The molecule has 0 fully saturated rings. The van der Waals surface area contributed by atoms with Gasteiger partial charge in [0.25, 0.3) is 0 Å². The van der Waals surface area contributed by atoms with Crippen LogP contribution in [0.1, 0.15) is 34.9 Å². The van der Waals surface area contributed by atoms with Crippen LogP contribution in [0.5, 0.6) is 11.5 Å². The molecule has 0 aromatic heterocycles. The van der Waals surface area contributed by atoms with E-state index in [0.717, 1.165) is 0 Å². The Kier molecular flexibility index (Phi) is 7.37.